The Morgan fingerprint density at radius 3 is 2.85 bits per heavy atom. The van der Waals surface area contributed by atoms with Crippen molar-refractivity contribution in [2.45, 2.75) is 25.9 Å². The number of fused-ring (bicyclic) bond motifs is 1. The van der Waals surface area contributed by atoms with Crippen LogP contribution in [0.15, 0.2) is 47.0 Å². The molecule has 2 aromatic carbocycles. The van der Waals surface area contributed by atoms with Crippen molar-refractivity contribution in [3.05, 3.63) is 63.8 Å². The van der Waals surface area contributed by atoms with Crippen molar-refractivity contribution >= 4 is 34.8 Å². The number of amides is 1. The van der Waals surface area contributed by atoms with E-state index in [2.05, 4.69) is 10.5 Å². The summed E-state index contributed by atoms with van der Waals surface area (Å²) in [5.74, 6) is 1.31. The van der Waals surface area contributed by atoms with Crippen LogP contribution in [-0.4, -0.2) is 17.2 Å². The van der Waals surface area contributed by atoms with Gasteiger partial charge in [0.05, 0.1) is 22.2 Å². The predicted octanol–water partition coefficient (Wildman–Crippen LogP) is 5.15. The second-order valence-electron chi connectivity index (χ2n) is 6.49. The maximum absolute atomic E-state index is 12.2. The van der Waals surface area contributed by atoms with Crippen LogP contribution in [0.5, 0.6) is 5.75 Å². The molecule has 1 aromatic heterocycles. The summed E-state index contributed by atoms with van der Waals surface area (Å²) in [4.78, 5) is 12.2. The largest absolute Gasteiger partial charge is 0.490 e. The zero-order valence-electron chi connectivity index (χ0n) is 14.5. The first-order chi connectivity index (χ1) is 13.0. The van der Waals surface area contributed by atoms with Crippen molar-refractivity contribution in [3.63, 3.8) is 0 Å². The Hall–Kier alpha value is -2.50. The zero-order chi connectivity index (χ0) is 19.0. The van der Waals surface area contributed by atoms with Crippen LogP contribution in [0.4, 0.5) is 5.69 Å². The molecule has 1 atom stereocenters. The molecule has 2 heterocycles. The minimum absolute atomic E-state index is 0.0921. The second kappa shape index (κ2) is 7.25. The number of hydrogen-bond donors (Lipinski definition) is 1. The van der Waals surface area contributed by atoms with Gasteiger partial charge in [0.25, 0.3) is 0 Å². The summed E-state index contributed by atoms with van der Waals surface area (Å²) in [6.45, 7) is 2.04. The predicted molar refractivity (Wildman–Crippen MR) is 105 cm³/mol. The third-order valence-corrected chi connectivity index (χ3v) is 5.02. The lowest BCUT2D eigenvalue weighted by molar-refractivity contribution is -0.115. The Morgan fingerprint density at radius 2 is 2.04 bits per heavy atom. The summed E-state index contributed by atoms with van der Waals surface area (Å²) in [6.07, 6.45) is 1.15. The molecule has 0 fully saturated rings. The summed E-state index contributed by atoms with van der Waals surface area (Å²) in [6, 6.07) is 12.6. The van der Waals surface area contributed by atoms with E-state index in [0.717, 1.165) is 23.3 Å². The van der Waals surface area contributed by atoms with Gasteiger partial charge in [-0.1, -0.05) is 28.4 Å². The molecule has 7 heteroatoms. The number of halogens is 2. The highest BCUT2D eigenvalue weighted by Crippen LogP contribution is 2.33. The molecule has 0 radical (unpaired) electrons. The van der Waals surface area contributed by atoms with Crippen LogP contribution >= 0.6 is 23.2 Å². The molecule has 4 rings (SSSR count). The standard InChI is InChI=1S/C20H16Cl2N2O3/c1-11-6-13-7-12(2-5-18(13)26-11)19-9-15(24-27-19)10-20(25)23-14-3-4-16(21)17(22)8-14/h2-5,7-9,11H,6,10H2,1H3,(H,23,25). The third kappa shape index (κ3) is 3.94. The van der Waals surface area contributed by atoms with Crippen molar-refractivity contribution in [3.8, 4) is 17.1 Å². The van der Waals surface area contributed by atoms with E-state index in [4.69, 9.17) is 32.5 Å². The summed E-state index contributed by atoms with van der Waals surface area (Å²) < 4.78 is 11.1. The molecule has 3 aromatic rings. The maximum atomic E-state index is 12.2. The summed E-state index contributed by atoms with van der Waals surface area (Å²) >= 11 is 11.8. The van der Waals surface area contributed by atoms with Gasteiger partial charge in [0.1, 0.15) is 11.9 Å². The van der Waals surface area contributed by atoms with Gasteiger partial charge >= 0.3 is 0 Å². The first-order valence-electron chi connectivity index (χ1n) is 8.48. The molecule has 1 aliphatic rings. The molecule has 0 bridgehead atoms. The molecule has 0 saturated carbocycles. The fraction of sp³-hybridized carbons (Fsp3) is 0.200. The van der Waals surface area contributed by atoms with Crippen LogP contribution in [0.3, 0.4) is 0 Å². The SMILES string of the molecule is CC1Cc2cc(-c3cc(CC(=O)Nc4ccc(Cl)c(Cl)c4)no3)ccc2O1. The number of nitrogens with zero attached hydrogens (tertiary/aromatic N) is 1. The minimum atomic E-state index is -0.218. The van der Waals surface area contributed by atoms with Gasteiger partial charge in [0, 0.05) is 23.7 Å². The molecule has 0 aliphatic carbocycles. The van der Waals surface area contributed by atoms with E-state index in [1.165, 1.54) is 0 Å². The van der Waals surface area contributed by atoms with E-state index in [1.54, 1.807) is 24.3 Å². The molecule has 5 nitrogen and oxygen atoms in total. The highest BCUT2D eigenvalue weighted by molar-refractivity contribution is 6.42. The van der Waals surface area contributed by atoms with Crippen molar-refractivity contribution < 1.29 is 14.1 Å². The lowest BCUT2D eigenvalue weighted by atomic mass is 10.1. The van der Waals surface area contributed by atoms with Crippen molar-refractivity contribution in [1.82, 2.24) is 5.16 Å². The van der Waals surface area contributed by atoms with E-state index < -0.39 is 0 Å². The van der Waals surface area contributed by atoms with Crippen LogP contribution in [0.25, 0.3) is 11.3 Å². The van der Waals surface area contributed by atoms with Crippen molar-refractivity contribution in [1.29, 1.82) is 0 Å². The summed E-state index contributed by atoms with van der Waals surface area (Å²) in [7, 11) is 0. The summed E-state index contributed by atoms with van der Waals surface area (Å²) in [5, 5.41) is 7.58. The van der Waals surface area contributed by atoms with Gasteiger partial charge in [-0.15, -0.1) is 0 Å². The molecule has 0 saturated heterocycles. The molecular weight excluding hydrogens is 387 g/mol. The van der Waals surface area contributed by atoms with E-state index >= 15 is 0 Å². The van der Waals surface area contributed by atoms with Gasteiger partial charge < -0.3 is 14.6 Å². The fourth-order valence-corrected chi connectivity index (χ4v) is 3.35. The van der Waals surface area contributed by atoms with E-state index in [-0.39, 0.29) is 18.4 Å². The number of anilines is 1. The number of hydrogen-bond acceptors (Lipinski definition) is 4. The Balaban J connectivity index is 1.44. The number of benzene rings is 2. The Morgan fingerprint density at radius 1 is 1.19 bits per heavy atom. The third-order valence-electron chi connectivity index (χ3n) is 4.28. The van der Waals surface area contributed by atoms with E-state index in [0.29, 0.717) is 27.2 Å². The first-order valence-corrected chi connectivity index (χ1v) is 9.24. The van der Waals surface area contributed by atoms with Gasteiger partial charge in [-0.25, -0.2) is 0 Å². The van der Waals surface area contributed by atoms with Gasteiger partial charge in [-0.2, -0.15) is 0 Å². The molecular formula is C20H16Cl2N2O3. The van der Waals surface area contributed by atoms with E-state index in [9.17, 15) is 4.79 Å². The van der Waals surface area contributed by atoms with Crippen LogP contribution in [0, 0.1) is 0 Å². The molecule has 1 N–H and O–H groups in total. The number of aromatic nitrogens is 1. The fourth-order valence-electron chi connectivity index (χ4n) is 3.05. The topological polar surface area (TPSA) is 64.4 Å². The smallest absolute Gasteiger partial charge is 0.230 e. The van der Waals surface area contributed by atoms with Crippen molar-refractivity contribution in [2.24, 2.45) is 0 Å². The summed E-state index contributed by atoms with van der Waals surface area (Å²) in [5.41, 5.74) is 3.18. The molecule has 27 heavy (non-hydrogen) atoms. The molecule has 1 unspecified atom stereocenters. The highest BCUT2D eigenvalue weighted by atomic mass is 35.5. The number of rotatable bonds is 4. The first kappa shape index (κ1) is 17.9. The Kier molecular flexibility index (Phi) is 4.81. The van der Waals surface area contributed by atoms with Crippen molar-refractivity contribution in [2.75, 3.05) is 5.32 Å². The molecule has 1 amide bonds. The van der Waals surface area contributed by atoms with E-state index in [1.807, 2.05) is 25.1 Å². The van der Waals surface area contributed by atoms with Gasteiger partial charge in [0.2, 0.25) is 5.91 Å². The maximum Gasteiger partial charge on any atom is 0.230 e. The van der Waals surface area contributed by atoms with Gasteiger partial charge in [-0.05, 0) is 48.9 Å². The Labute approximate surface area is 166 Å². The number of ether oxygens (including phenoxy) is 1. The molecule has 138 valence electrons. The average Bonchev–Trinajstić information content (AvgIpc) is 3.22. The number of carbonyl (C=O) groups excluding carboxylic acids is 1. The Bertz CT molecular complexity index is 1020. The molecule has 1 aliphatic heterocycles. The number of carbonyl (C=O) groups is 1. The highest BCUT2D eigenvalue weighted by Gasteiger charge is 2.20. The number of nitrogens with one attached hydrogen (secondary N) is 1. The van der Waals surface area contributed by atoms with Crippen LogP contribution < -0.4 is 10.1 Å². The molecule has 0 spiro atoms. The monoisotopic (exact) mass is 402 g/mol. The van der Waals surface area contributed by atoms with Gasteiger partial charge in [0.15, 0.2) is 5.76 Å². The lowest BCUT2D eigenvalue weighted by Crippen LogP contribution is -2.14. The van der Waals surface area contributed by atoms with Crippen LogP contribution in [-0.2, 0) is 17.6 Å². The quantitative estimate of drug-likeness (QED) is 0.654. The minimum Gasteiger partial charge on any atom is -0.490 e. The lowest BCUT2D eigenvalue weighted by Gasteiger charge is -2.05. The van der Waals surface area contributed by atoms with Gasteiger partial charge in [-0.3, -0.25) is 4.79 Å². The van der Waals surface area contributed by atoms with Crippen LogP contribution in [0.1, 0.15) is 18.2 Å². The zero-order valence-corrected chi connectivity index (χ0v) is 16.0. The second-order valence-corrected chi connectivity index (χ2v) is 7.31. The average molecular weight is 403 g/mol. The van der Waals surface area contributed by atoms with Crippen LogP contribution in [0.2, 0.25) is 10.0 Å². The normalized spacial score (nSPS) is 15.3.